The second kappa shape index (κ2) is 11.3. The summed E-state index contributed by atoms with van der Waals surface area (Å²) in [5, 5.41) is 3.83. The highest BCUT2D eigenvalue weighted by atomic mass is 35.5. The van der Waals surface area contributed by atoms with Gasteiger partial charge in [-0.1, -0.05) is 74.2 Å². The van der Waals surface area contributed by atoms with Crippen LogP contribution < -0.4 is 5.32 Å². The highest BCUT2D eigenvalue weighted by Crippen LogP contribution is 2.21. The van der Waals surface area contributed by atoms with Crippen LogP contribution in [0.1, 0.15) is 62.1 Å². The van der Waals surface area contributed by atoms with E-state index in [2.05, 4.69) is 5.32 Å². The summed E-state index contributed by atoms with van der Waals surface area (Å²) in [6, 6.07) is 15.1. The molecule has 2 amide bonds. The van der Waals surface area contributed by atoms with E-state index in [1.807, 2.05) is 56.3 Å². The zero-order valence-electron chi connectivity index (χ0n) is 18.6. The average molecular weight is 441 g/mol. The molecule has 0 bridgehead atoms. The first-order valence-corrected chi connectivity index (χ1v) is 11.7. The van der Waals surface area contributed by atoms with E-state index in [0.717, 1.165) is 42.4 Å². The van der Waals surface area contributed by atoms with E-state index in [9.17, 15) is 9.59 Å². The number of carbonyl (C=O) groups is 2. The van der Waals surface area contributed by atoms with E-state index < -0.39 is 6.04 Å². The van der Waals surface area contributed by atoms with Crippen molar-refractivity contribution in [2.24, 2.45) is 0 Å². The number of carbonyl (C=O) groups excluding carboxylic acids is 2. The van der Waals surface area contributed by atoms with Crippen LogP contribution in [-0.4, -0.2) is 28.8 Å². The minimum Gasteiger partial charge on any atom is -0.352 e. The molecule has 0 saturated heterocycles. The van der Waals surface area contributed by atoms with Gasteiger partial charge in [0.25, 0.3) is 0 Å². The van der Waals surface area contributed by atoms with Crippen molar-refractivity contribution in [3.05, 3.63) is 70.2 Å². The molecule has 5 heteroatoms. The monoisotopic (exact) mass is 440 g/mol. The van der Waals surface area contributed by atoms with Crippen molar-refractivity contribution in [1.29, 1.82) is 0 Å². The topological polar surface area (TPSA) is 49.4 Å². The van der Waals surface area contributed by atoms with Crippen LogP contribution in [0.3, 0.4) is 0 Å². The van der Waals surface area contributed by atoms with Gasteiger partial charge in [0, 0.05) is 17.6 Å². The lowest BCUT2D eigenvalue weighted by molar-refractivity contribution is -0.141. The molecule has 1 N–H and O–H groups in total. The van der Waals surface area contributed by atoms with Gasteiger partial charge in [-0.25, -0.2) is 0 Å². The third-order valence-electron chi connectivity index (χ3n) is 6.18. The molecule has 1 saturated carbocycles. The van der Waals surface area contributed by atoms with Crippen molar-refractivity contribution in [2.45, 2.75) is 77.4 Å². The number of rotatable bonds is 8. The van der Waals surface area contributed by atoms with Gasteiger partial charge in [-0.2, -0.15) is 0 Å². The quantitative estimate of drug-likeness (QED) is 0.593. The van der Waals surface area contributed by atoms with E-state index in [4.69, 9.17) is 11.6 Å². The van der Waals surface area contributed by atoms with Gasteiger partial charge >= 0.3 is 0 Å². The molecular weight excluding hydrogens is 408 g/mol. The molecule has 1 aliphatic rings. The molecule has 2 aromatic rings. The second-order valence-electron chi connectivity index (χ2n) is 8.52. The predicted molar refractivity (Wildman–Crippen MR) is 126 cm³/mol. The first kappa shape index (κ1) is 23.3. The molecule has 166 valence electrons. The molecule has 0 heterocycles. The Bertz CT molecular complexity index is 892. The number of aryl methyl sites for hydroxylation is 1. The Hall–Kier alpha value is -2.33. The van der Waals surface area contributed by atoms with Crippen molar-refractivity contribution < 1.29 is 9.59 Å². The zero-order valence-corrected chi connectivity index (χ0v) is 19.3. The molecule has 1 fully saturated rings. The fourth-order valence-corrected chi connectivity index (χ4v) is 4.57. The van der Waals surface area contributed by atoms with E-state index in [1.165, 1.54) is 6.42 Å². The SMILES string of the molecule is CC[C@@H](C(=O)NC1CCCCC1)N(Cc1ccccc1C)C(=O)Cc1cccc(Cl)c1. The summed E-state index contributed by atoms with van der Waals surface area (Å²) < 4.78 is 0. The molecule has 4 nitrogen and oxygen atoms in total. The first-order chi connectivity index (χ1) is 15.0. The molecule has 1 aliphatic carbocycles. The number of hydrogen-bond acceptors (Lipinski definition) is 2. The largest absolute Gasteiger partial charge is 0.352 e. The van der Waals surface area contributed by atoms with Crippen LogP contribution in [0.5, 0.6) is 0 Å². The maximum Gasteiger partial charge on any atom is 0.243 e. The standard InChI is InChI=1S/C26H33ClN2O2/c1-3-24(26(31)28-23-14-5-4-6-15-23)29(18-21-12-8-7-10-19(21)2)25(30)17-20-11-9-13-22(27)16-20/h7-13,16,23-24H,3-6,14-15,17-18H2,1-2H3,(H,28,31)/t24-/m0/s1. The van der Waals surface area contributed by atoms with Gasteiger partial charge in [0.2, 0.25) is 11.8 Å². The maximum atomic E-state index is 13.4. The van der Waals surface area contributed by atoms with Crippen LogP contribution in [0.4, 0.5) is 0 Å². The Morgan fingerprint density at radius 2 is 1.84 bits per heavy atom. The Labute approximate surface area is 191 Å². The minimum atomic E-state index is -0.492. The number of halogens is 1. The lowest BCUT2D eigenvalue weighted by atomic mass is 9.95. The van der Waals surface area contributed by atoms with E-state index in [1.54, 1.807) is 11.0 Å². The second-order valence-corrected chi connectivity index (χ2v) is 8.96. The summed E-state index contributed by atoms with van der Waals surface area (Å²) in [5.41, 5.74) is 3.03. The van der Waals surface area contributed by atoms with Crippen molar-refractivity contribution in [3.8, 4) is 0 Å². The lowest BCUT2D eigenvalue weighted by Gasteiger charge is -2.33. The molecule has 0 aliphatic heterocycles. The predicted octanol–water partition coefficient (Wildman–Crippen LogP) is 5.45. The van der Waals surface area contributed by atoms with Gasteiger partial charge in [-0.05, 0) is 55.0 Å². The fraction of sp³-hybridized carbons (Fsp3) is 0.462. The smallest absolute Gasteiger partial charge is 0.243 e. The first-order valence-electron chi connectivity index (χ1n) is 11.4. The van der Waals surface area contributed by atoms with Gasteiger partial charge in [-0.15, -0.1) is 0 Å². The highest BCUT2D eigenvalue weighted by molar-refractivity contribution is 6.30. The minimum absolute atomic E-state index is 0.0394. The summed E-state index contributed by atoms with van der Waals surface area (Å²) in [6.45, 7) is 4.43. The van der Waals surface area contributed by atoms with Gasteiger partial charge < -0.3 is 10.2 Å². The summed E-state index contributed by atoms with van der Waals surface area (Å²) in [6.07, 6.45) is 6.39. The van der Waals surface area contributed by atoms with Crippen LogP contribution in [0.25, 0.3) is 0 Å². The number of hydrogen-bond donors (Lipinski definition) is 1. The van der Waals surface area contributed by atoms with Crippen LogP contribution in [0.2, 0.25) is 5.02 Å². The molecule has 2 aromatic carbocycles. The van der Waals surface area contributed by atoms with Crippen LogP contribution >= 0.6 is 11.6 Å². The van der Waals surface area contributed by atoms with Crippen LogP contribution in [0, 0.1) is 6.92 Å². The van der Waals surface area contributed by atoms with Crippen molar-refractivity contribution >= 4 is 23.4 Å². The van der Waals surface area contributed by atoms with E-state index in [0.29, 0.717) is 18.0 Å². The summed E-state index contributed by atoms with van der Waals surface area (Å²) in [4.78, 5) is 28.4. The molecule has 0 aromatic heterocycles. The molecule has 31 heavy (non-hydrogen) atoms. The van der Waals surface area contributed by atoms with E-state index >= 15 is 0 Å². The van der Waals surface area contributed by atoms with E-state index in [-0.39, 0.29) is 24.3 Å². The average Bonchev–Trinajstić information content (AvgIpc) is 2.75. The Morgan fingerprint density at radius 3 is 2.52 bits per heavy atom. The Kier molecular flexibility index (Phi) is 8.53. The molecule has 0 radical (unpaired) electrons. The third kappa shape index (κ3) is 6.57. The Balaban J connectivity index is 1.82. The van der Waals surface area contributed by atoms with Gasteiger partial charge in [0.1, 0.15) is 6.04 Å². The molecule has 0 spiro atoms. The highest BCUT2D eigenvalue weighted by Gasteiger charge is 2.30. The summed E-state index contributed by atoms with van der Waals surface area (Å²) in [5.74, 6) is -0.0985. The fourth-order valence-electron chi connectivity index (χ4n) is 4.36. The van der Waals surface area contributed by atoms with Crippen molar-refractivity contribution in [2.75, 3.05) is 0 Å². The molecule has 1 atom stereocenters. The number of nitrogens with one attached hydrogen (secondary N) is 1. The summed E-state index contributed by atoms with van der Waals surface area (Å²) >= 11 is 6.12. The van der Waals surface area contributed by atoms with Gasteiger partial charge in [0.15, 0.2) is 0 Å². The maximum absolute atomic E-state index is 13.4. The van der Waals surface area contributed by atoms with Crippen molar-refractivity contribution in [1.82, 2.24) is 10.2 Å². The summed E-state index contributed by atoms with van der Waals surface area (Å²) in [7, 11) is 0. The van der Waals surface area contributed by atoms with Crippen molar-refractivity contribution in [3.63, 3.8) is 0 Å². The number of nitrogens with zero attached hydrogens (tertiary/aromatic N) is 1. The van der Waals surface area contributed by atoms with Gasteiger partial charge in [0.05, 0.1) is 6.42 Å². The number of benzene rings is 2. The normalized spacial score (nSPS) is 15.3. The number of amides is 2. The lowest BCUT2D eigenvalue weighted by Crippen LogP contribution is -2.52. The third-order valence-corrected chi connectivity index (χ3v) is 6.42. The molecule has 3 rings (SSSR count). The van der Waals surface area contributed by atoms with Crippen LogP contribution in [-0.2, 0) is 22.6 Å². The Morgan fingerprint density at radius 1 is 1.10 bits per heavy atom. The molecular formula is C26H33ClN2O2. The zero-order chi connectivity index (χ0) is 22.2. The van der Waals surface area contributed by atoms with Crippen LogP contribution in [0.15, 0.2) is 48.5 Å². The molecule has 0 unspecified atom stereocenters. The van der Waals surface area contributed by atoms with Gasteiger partial charge in [-0.3, -0.25) is 9.59 Å².